The van der Waals surface area contributed by atoms with Crippen LogP contribution in [0.2, 0.25) is 0 Å². The Kier molecular flexibility index (Phi) is 6.07. The van der Waals surface area contributed by atoms with Crippen LogP contribution in [0.25, 0.3) is 0 Å². The van der Waals surface area contributed by atoms with Gasteiger partial charge in [0.1, 0.15) is 11.5 Å². The molecule has 0 fully saturated rings. The van der Waals surface area contributed by atoms with E-state index >= 15 is 0 Å². The van der Waals surface area contributed by atoms with Gasteiger partial charge in [0.2, 0.25) is 0 Å². The monoisotopic (exact) mass is 389 g/mol. The third-order valence-corrected chi connectivity index (χ3v) is 5.53. The summed E-state index contributed by atoms with van der Waals surface area (Å²) in [7, 11) is 2.98. The summed E-state index contributed by atoms with van der Waals surface area (Å²) in [6, 6.07) is 5.03. The molecule has 7 heteroatoms. The summed E-state index contributed by atoms with van der Waals surface area (Å²) >= 11 is 0. The maximum Gasteiger partial charge on any atom is 0.334 e. The Morgan fingerprint density at radius 1 is 1.00 bits per heavy atom. The Labute approximate surface area is 164 Å². The molecule has 28 heavy (non-hydrogen) atoms. The lowest BCUT2D eigenvalue weighted by Crippen LogP contribution is -2.45. The van der Waals surface area contributed by atoms with E-state index in [-0.39, 0.29) is 17.6 Å². The Balaban J connectivity index is 3.08. The van der Waals surface area contributed by atoms with E-state index < -0.39 is 17.4 Å². The number of aliphatic carboxylic acids is 2. The molecule has 0 unspecified atom stereocenters. The fourth-order valence-corrected chi connectivity index (χ4v) is 4.37. The zero-order valence-electron chi connectivity index (χ0n) is 17.1. The molecular weight excluding hydrogens is 362 g/mol. The molecule has 0 bridgehead atoms. The zero-order valence-corrected chi connectivity index (χ0v) is 17.1. The quantitative estimate of drug-likeness (QED) is 0.738. The number of benzene rings is 1. The summed E-state index contributed by atoms with van der Waals surface area (Å²) in [6.45, 7) is 7.53. The second-order valence-electron chi connectivity index (χ2n) is 6.60. The molecule has 1 aliphatic heterocycles. The average molecular weight is 389 g/mol. The Hall–Kier alpha value is -2.96. The van der Waals surface area contributed by atoms with E-state index in [1.807, 2.05) is 6.92 Å². The fourth-order valence-electron chi connectivity index (χ4n) is 4.37. The van der Waals surface area contributed by atoms with Crippen LogP contribution in [0.3, 0.4) is 0 Å². The van der Waals surface area contributed by atoms with Gasteiger partial charge in [-0.2, -0.15) is 0 Å². The summed E-state index contributed by atoms with van der Waals surface area (Å²) in [5.74, 6) is -1.42. The minimum Gasteiger partial charge on any atom is -0.497 e. The predicted octanol–water partition coefficient (Wildman–Crippen LogP) is 3.40. The molecule has 0 radical (unpaired) electrons. The highest BCUT2D eigenvalue weighted by molar-refractivity contribution is 6.01. The molecule has 0 aliphatic carbocycles. The van der Waals surface area contributed by atoms with Crippen molar-refractivity contribution in [2.75, 3.05) is 20.8 Å². The van der Waals surface area contributed by atoms with Gasteiger partial charge in [-0.1, -0.05) is 6.92 Å². The number of hydrogen-bond acceptors (Lipinski definition) is 5. The van der Waals surface area contributed by atoms with Crippen molar-refractivity contribution in [1.29, 1.82) is 0 Å². The van der Waals surface area contributed by atoms with Crippen molar-refractivity contribution in [3.63, 3.8) is 0 Å². The molecule has 7 nitrogen and oxygen atoms in total. The van der Waals surface area contributed by atoms with Crippen LogP contribution in [0.1, 0.15) is 39.7 Å². The molecule has 2 N–H and O–H groups in total. The molecule has 0 saturated heterocycles. The average Bonchev–Trinajstić information content (AvgIpc) is 2.66. The number of nitrogens with zero attached hydrogens (tertiary/aromatic N) is 1. The second-order valence-corrected chi connectivity index (χ2v) is 6.60. The van der Waals surface area contributed by atoms with Crippen molar-refractivity contribution in [2.24, 2.45) is 0 Å². The van der Waals surface area contributed by atoms with Gasteiger partial charge in [0.15, 0.2) is 0 Å². The largest absolute Gasteiger partial charge is 0.497 e. The number of carbonyl (C=O) groups is 2. The van der Waals surface area contributed by atoms with Gasteiger partial charge >= 0.3 is 11.9 Å². The van der Waals surface area contributed by atoms with Crippen LogP contribution in [-0.2, 0) is 15.0 Å². The summed E-state index contributed by atoms with van der Waals surface area (Å²) in [5.41, 5.74) is 0.171. The van der Waals surface area contributed by atoms with Crippen molar-refractivity contribution in [1.82, 2.24) is 4.90 Å². The number of ether oxygens (including phenoxy) is 2. The maximum atomic E-state index is 12.4. The van der Waals surface area contributed by atoms with Crippen molar-refractivity contribution < 1.29 is 29.3 Å². The summed E-state index contributed by atoms with van der Waals surface area (Å²) in [6.07, 6.45) is 0.228. The number of allylic oxidation sites excluding steroid dienone is 2. The minimum atomic E-state index is -1.39. The van der Waals surface area contributed by atoms with E-state index in [9.17, 15) is 19.8 Å². The van der Waals surface area contributed by atoms with Crippen LogP contribution < -0.4 is 9.47 Å². The van der Waals surface area contributed by atoms with Crippen LogP contribution in [0, 0.1) is 0 Å². The summed E-state index contributed by atoms with van der Waals surface area (Å²) in [5, 5.41) is 20.3. The fraction of sp³-hybridized carbons (Fsp3) is 0.429. The van der Waals surface area contributed by atoms with E-state index in [0.29, 0.717) is 35.0 Å². The first kappa shape index (κ1) is 21.3. The number of carboxylic acids is 2. The Morgan fingerprint density at radius 3 is 1.89 bits per heavy atom. The topological polar surface area (TPSA) is 96.3 Å². The molecule has 0 atom stereocenters. The van der Waals surface area contributed by atoms with Crippen molar-refractivity contribution in [2.45, 2.75) is 39.5 Å². The van der Waals surface area contributed by atoms with E-state index in [0.717, 1.165) is 0 Å². The van der Waals surface area contributed by atoms with Crippen LogP contribution in [0.15, 0.2) is 40.7 Å². The van der Waals surface area contributed by atoms with Gasteiger partial charge in [0.25, 0.3) is 0 Å². The summed E-state index contributed by atoms with van der Waals surface area (Å²) < 4.78 is 10.8. The van der Waals surface area contributed by atoms with Gasteiger partial charge < -0.3 is 24.6 Å². The zero-order chi connectivity index (χ0) is 21.2. The minimum absolute atomic E-state index is 0.0337. The highest BCUT2D eigenvalue weighted by atomic mass is 16.5. The first-order chi connectivity index (χ1) is 13.2. The van der Waals surface area contributed by atoms with Gasteiger partial charge in [-0.15, -0.1) is 0 Å². The SMILES string of the molecule is CCN1C(C)=C(C(=O)O)C(CC)(c2cc(OC)ccc2OC)C(C(=O)O)=C1C. The molecular formula is C21H27NO6. The van der Waals surface area contributed by atoms with E-state index in [1.165, 1.54) is 14.2 Å². The molecule has 1 aromatic carbocycles. The van der Waals surface area contributed by atoms with Crippen molar-refractivity contribution >= 4 is 11.9 Å². The highest BCUT2D eigenvalue weighted by Gasteiger charge is 2.52. The molecule has 2 rings (SSSR count). The standard InChI is InChI=1S/C21H27NO6/c1-7-21(15-11-14(27-5)9-10-16(15)28-6)17(19(23)24)12(3)22(8-2)13(4)18(21)20(25)26/h9-11H,7-8H2,1-6H3,(H,23,24)(H,25,26). The van der Waals surface area contributed by atoms with Crippen LogP contribution in [-0.4, -0.2) is 47.8 Å². The molecule has 0 aromatic heterocycles. The lowest BCUT2D eigenvalue weighted by atomic mass is 9.63. The molecule has 0 spiro atoms. The van der Waals surface area contributed by atoms with Gasteiger partial charge in [-0.3, -0.25) is 0 Å². The third-order valence-electron chi connectivity index (χ3n) is 5.53. The number of rotatable bonds is 7. The third kappa shape index (κ3) is 3.00. The van der Waals surface area contributed by atoms with Gasteiger partial charge in [0, 0.05) is 23.5 Å². The molecule has 0 amide bonds. The van der Waals surface area contributed by atoms with Crippen LogP contribution >= 0.6 is 0 Å². The lowest BCUT2D eigenvalue weighted by Gasteiger charge is -2.44. The normalized spacial score (nSPS) is 16.3. The number of hydrogen-bond donors (Lipinski definition) is 2. The van der Waals surface area contributed by atoms with Crippen LogP contribution in [0.5, 0.6) is 11.5 Å². The molecule has 1 heterocycles. The molecule has 1 aliphatic rings. The van der Waals surface area contributed by atoms with E-state index in [1.54, 1.807) is 43.9 Å². The first-order valence-corrected chi connectivity index (χ1v) is 9.10. The van der Waals surface area contributed by atoms with E-state index in [4.69, 9.17) is 9.47 Å². The first-order valence-electron chi connectivity index (χ1n) is 9.10. The lowest BCUT2D eigenvalue weighted by molar-refractivity contribution is -0.134. The smallest absolute Gasteiger partial charge is 0.334 e. The highest BCUT2D eigenvalue weighted by Crippen LogP contribution is 2.52. The molecule has 1 aromatic rings. The Morgan fingerprint density at radius 2 is 1.54 bits per heavy atom. The van der Waals surface area contributed by atoms with Gasteiger partial charge in [0.05, 0.1) is 30.8 Å². The summed E-state index contributed by atoms with van der Waals surface area (Å²) in [4.78, 5) is 26.6. The maximum absolute atomic E-state index is 12.4. The Bertz CT molecular complexity index is 830. The molecule has 152 valence electrons. The van der Waals surface area contributed by atoms with Crippen molar-refractivity contribution in [3.8, 4) is 11.5 Å². The van der Waals surface area contributed by atoms with Crippen molar-refractivity contribution in [3.05, 3.63) is 46.3 Å². The van der Waals surface area contributed by atoms with Gasteiger partial charge in [-0.05, 0) is 45.4 Å². The molecule has 0 saturated carbocycles. The van der Waals surface area contributed by atoms with Crippen LogP contribution in [0.4, 0.5) is 0 Å². The number of methoxy groups -OCH3 is 2. The second kappa shape index (κ2) is 7.96. The van der Waals surface area contributed by atoms with E-state index in [2.05, 4.69) is 0 Å². The van der Waals surface area contributed by atoms with Gasteiger partial charge in [-0.25, -0.2) is 9.59 Å². The number of carboxylic acid groups (broad SMARTS) is 2. The predicted molar refractivity (Wildman–Crippen MR) is 105 cm³/mol.